The molecule has 0 unspecified atom stereocenters. The third-order valence-corrected chi connectivity index (χ3v) is 7.26. The molecule has 1 N–H and O–H groups in total. The average Bonchev–Trinajstić information content (AvgIpc) is 3.14. The number of hydrogen-bond acceptors (Lipinski definition) is 5. The lowest BCUT2D eigenvalue weighted by Crippen LogP contribution is -2.35. The molecule has 1 aliphatic rings. The third-order valence-electron chi connectivity index (χ3n) is 4.58. The Hall–Kier alpha value is -1.86. The topological polar surface area (TPSA) is 93.5 Å². The predicted molar refractivity (Wildman–Crippen MR) is 111 cm³/mol. The lowest BCUT2D eigenvalue weighted by Gasteiger charge is -2.26. The van der Waals surface area contributed by atoms with Crippen LogP contribution in [0.4, 0.5) is 18.9 Å². The molecule has 176 valence electrons. The SMILES string of the molecule is O=C(Nc1cnn(COCC(F)(F)F)c1)c1cc(S(=O)(=O)N2CCCCC2)c(Cl)cc1Cl. The van der Waals surface area contributed by atoms with Gasteiger partial charge in [0, 0.05) is 13.1 Å². The second kappa shape index (κ2) is 9.96. The van der Waals surface area contributed by atoms with Gasteiger partial charge in [-0.2, -0.15) is 22.6 Å². The quantitative estimate of drug-likeness (QED) is 0.598. The zero-order chi connectivity index (χ0) is 23.5. The Bertz CT molecular complexity index is 1090. The van der Waals surface area contributed by atoms with E-state index in [2.05, 4.69) is 15.2 Å². The number of aromatic nitrogens is 2. The molecule has 1 aliphatic heterocycles. The summed E-state index contributed by atoms with van der Waals surface area (Å²) >= 11 is 12.2. The average molecular weight is 515 g/mol. The number of ether oxygens (including phenoxy) is 1. The van der Waals surface area contributed by atoms with Crippen molar-refractivity contribution >= 4 is 44.8 Å². The summed E-state index contributed by atoms with van der Waals surface area (Å²) in [4.78, 5) is 12.5. The first-order valence-electron chi connectivity index (χ1n) is 9.45. The molecule has 14 heteroatoms. The van der Waals surface area contributed by atoms with E-state index in [9.17, 15) is 26.4 Å². The third kappa shape index (κ3) is 6.13. The maximum absolute atomic E-state index is 13.0. The van der Waals surface area contributed by atoms with Gasteiger partial charge in [-0.3, -0.25) is 4.79 Å². The minimum absolute atomic E-state index is 0.0639. The van der Waals surface area contributed by atoms with Crippen LogP contribution in [0, 0.1) is 0 Å². The molecule has 2 heterocycles. The van der Waals surface area contributed by atoms with Crippen LogP contribution in [0.15, 0.2) is 29.4 Å². The Morgan fingerprint density at radius 2 is 1.84 bits per heavy atom. The van der Waals surface area contributed by atoms with Crippen LogP contribution in [0.25, 0.3) is 0 Å². The van der Waals surface area contributed by atoms with Gasteiger partial charge in [0.1, 0.15) is 18.2 Å². The summed E-state index contributed by atoms with van der Waals surface area (Å²) in [5, 5.41) is 6.09. The molecule has 0 saturated carbocycles. The highest BCUT2D eigenvalue weighted by molar-refractivity contribution is 7.89. The summed E-state index contributed by atoms with van der Waals surface area (Å²) in [6.07, 6.45) is 0.376. The summed E-state index contributed by atoms with van der Waals surface area (Å²) < 4.78 is 69.3. The van der Waals surface area contributed by atoms with E-state index in [-0.39, 0.29) is 26.2 Å². The normalized spacial score (nSPS) is 15.7. The number of benzene rings is 1. The van der Waals surface area contributed by atoms with E-state index in [0.717, 1.165) is 30.0 Å². The van der Waals surface area contributed by atoms with Gasteiger partial charge in [-0.05, 0) is 25.0 Å². The molecule has 0 bridgehead atoms. The van der Waals surface area contributed by atoms with Gasteiger partial charge in [-0.15, -0.1) is 0 Å². The van der Waals surface area contributed by atoms with Crippen molar-refractivity contribution in [1.82, 2.24) is 14.1 Å². The van der Waals surface area contributed by atoms with E-state index in [0.29, 0.717) is 13.1 Å². The van der Waals surface area contributed by atoms with Crippen molar-refractivity contribution in [2.75, 3.05) is 25.0 Å². The Morgan fingerprint density at radius 1 is 1.16 bits per heavy atom. The van der Waals surface area contributed by atoms with Crippen molar-refractivity contribution in [2.24, 2.45) is 0 Å². The van der Waals surface area contributed by atoms with Gasteiger partial charge in [-0.1, -0.05) is 29.6 Å². The maximum atomic E-state index is 13.0. The van der Waals surface area contributed by atoms with Crippen LogP contribution >= 0.6 is 23.2 Å². The van der Waals surface area contributed by atoms with Gasteiger partial charge >= 0.3 is 6.18 Å². The minimum Gasteiger partial charge on any atom is -0.350 e. The lowest BCUT2D eigenvalue weighted by atomic mass is 10.2. The fraction of sp³-hybridized carbons (Fsp3) is 0.444. The molecular formula is C18H19Cl2F3N4O4S. The van der Waals surface area contributed by atoms with Crippen LogP contribution in [0.1, 0.15) is 29.6 Å². The smallest absolute Gasteiger partial charge is 0.350 e. The fourth-order valence-electron chi connectivity index (χ4n) is 3.10. The summed E-state index contributed by atoms with van der Waals surface area (Å²) in [5.41, 5.74) is 0.0183. The molecule has 3 rings (SSSR count). The summed E-state index contributed by atoms with van der Waals surface area (Å²) in [6, 6.07) is 2.30. The second-order valence-corrected chi connectivity index (χ2v) is 9.76. The van der Waals surface area contributed by atoms with Gasteiger partial charge in [0.25, 0.3) is 5.91 Å². The molecule has 32 heavy (non-hydrogen) atoms. The van der Waals surface area contributed by atoms with Crippen molar-refractivity contribution in [3.8, 4) is 0 Å². The van der Waals surface area contributed by atoms with E-state index >= 15 is 0 Å². The van der Waals surface area contributed by atoms with E-state index in [1.165, 1.54) is 22.8 Å². The molecule has 0 atom stereocenters. The monoisotopic (exact) mass is 514 g/mol. The molecule has 2 aromatic rings. The highest BCUT2D eigenvalue weighted by atomic mass is 35.5. The maximum Gasteiger partial charge on any atom is 0.411 e. The minimum atomic E-state index is -4.47. The number of carbonyl (C=O) groups is 1. The number of hydrogen-bond donors (Lipinski definition) is 1. The first kappa shape index (κ1) is 24.8. The molecule has 1 amide bonds. The number of rotatable bonds is 7. The number of piperidine rings is 1. The lowest BCUT2D eigenvalue weighted by molar-refractivity contribution is -0.182. The highest BCUT2D eigenvalue weighted by Crippen LogP contribution is 2.32. The largest absolute Gasteiger partial charge is 0.411 e. The van der Waals surface area contributed by atoms with Crippen LogP contribution in [-0.4, -0.2) is 54.3 Å². The van der Waals surface area contributed by atoms with Crippen molar-refractivity contribution in [3.05, 3.63) is 40.1 Å². The number of nitrogens with one attached hydrogen (secondary N) is 1. The van der Waals surface area contributed by atoms with E-state index in [1.807, 2.05) is 0 Å². The summed E-state index contributed by atoms with van der Waals surface area (Å²) in [7, 11) is -3.92. The van der Waals surface area contributed by atoms with Crippen LogP contribution in [0.5, 0.6) is 0 Å². The van der Waals surface area contributed by atoms with E-state index in [4.69, 9.17) is 23.2 Å². The molecule has 0 aliphatic carbocycles. The zero-order valence-electron chi connectivity index (χ0n) is 16.5. The molecule has 0 spiro atoms. The number of alkyl halides is 3. The second-order valence-electron chi connectivity index (χ2n) is 7.04. The van der Waals surface area contributed by atoms with Crippen molar-refractivity contribution in [1.29, 1.82) is 0 Å². The van der Waals surface area contributed by atoms with Gasteiger partial charge in [0.2, 0.25) is 10.0 Å². The van der Waals surface area contributed by atoms with E-state index in [1.54, 1.807) is 0 Å². The van der Waals surface area contributed by atoms with Crippen molar-refractivity contribution in [3.63, 3.8) is 0 Å². The van der Waals surface area contributed by atoms with E-state index < -0.39 is 35.4 Å². The predicted octanol–water partition coefficient (Wildman–Crippen LogP) is 4.15. The highest BCUT2D eigenvalue weighted by Gasteiger charge is 2.30. The zero-order valence-corrected chi connectivity index (χ0v) is 18.9. The van der Waals surface area contributed by atoms with Crippen LogP contribution < -0.4 is 5.32 Å². The van der Waals surface area contributed by atoms with Crippen LogP contribution in [0.2, 0.25) is 10.0 Å². The van der Waals surface area contributed by atoms with Gasteiger partial charge in [-0.25, -0.2) is 13.1 Å². The Balaban J connectivity index is 1.75. The standard InChI is InChI=1S/C18H19Cl2F3N4O4S/c19-14-7-15(20)16(32(29,30)27-4-2-1-3-5-27)6-13(14)17(28)25-12-8-24-26(9-12)11-31-10-18(21,22)23/h6-9H,1-5,10-11H2,(H,25,28). The molecule has 1 fully saturated rings. The number of sulfonamides is 1. The number of anilines is 1. The molecule has 1 saturated heterocycles. The molecular weight excluding hydrogens is 496 g/mol. The van der Waals surface area contributed by atoms with Crippen molar-refractivity contribution in [2.45, 2.75) is 37.1 Å². The first-order chi connectivity index (χ1) is 15.0. The fourth-order valence-corrected chi connectivity index (χ4v) is 5.45. The van der Waals surface area contributed by atoms with Crippen LogP contribution in [-0.2, 0) is 21.5 Å². The summed E-state index contributed by atoms with van der Waals surface area (Å²) in [5.74, 6) is -0.738. The number of nitrogens with zero attached hydrogens (tertiary/aromatic N) is 3. The van der Waals surface area contributed by atoms with Gasteiger partial charge in [0.05, 0.1) is 33.7 Å². The van der Waals surface area contributed by atoms with Gasteiger partial charge in [0.15, 0.2) is 0 Å². The molecule has 8 nitrogen and oxygen atoms in total. The number of carbonyl (C=O) groups excluding carboxylic acids is 1. The number of amides is 1. The molecule has 1 aromatic heterocycles. The Morgan fingerprint density at radius 3 is 2.50 bits per heavy atom. The van der Waals surface area contributed by atoms with Crippen molar-refractivity contribution < 1.29 is 31.1 Å². The number of halogens is 5. The molecule has 0 radical (unpaired) electrons. The molecule has 1 aromatic carbocycles. The Labute approximate surface area is 192 Å². The van der Waals surface area contributed by atoms with Crippen LogP contribution in [0.3, 0.4) is 0 Å². The van der Waals surface area contributed by atoms with Gasteiger partial charge < -0.3 is 10.1 Å². The Kier molecular flexibility index (Phi) is 7.71. The first-order valence-corrected chi connectivity index (χ1v) is 11.6. The summed E-state index contributed by atoms with van der Waals surface area (Å²) in [6.45, 7) is -1.20.